The molecule has 0 N–H and O–H groups in total. The fourth-order valence-corrected chi connectivity index (χ4v) is 5.09. The molecular formula is C34H25N4O+. The summed E-state index contributed by atoms with van der Waals surface area (Å²) in [6, 6.07) is 36.8. The molecule has 0 saturated heterocycles. The predicted octanol–water partition coefficient (Wildman–Crippen LogP) is 7.57. The van der Waals surface area contributed by atoms with E-state index >= 15 is 0 Å². The van der Waals surface area contributed by atoms with Gasteiger partial charge in [0.15, 0.2) is 23.7 Å². The first kappa shape index (κ1) is 23.0. The van der Waals surface area contributed by atoms with Crippen molar-refractivity contribution in [3.8, 4) is 45.4 Å². The lowest BCUT2D eigenvalue weighted by atomic mass is 10.0. The maximum atomic E-state index is 6.42. The highest BCUT2D eigenvalue weighted by molar-refractivity contribution is 6.07. The molecule has 0 aliphatic rings. The summed E-state index contributed by atoms with van der Waals surface area (Å²) in [4.78, 5) is 14.5. The van der Waals surface area contributed by atoms with Gasteiger partial charge in [0.25, 0.3) is 0 Å². The molecule has 0 saturated carbocycles. The minimum atomic E-state index is 0.609. The van der Waals surface area contributed by atoms with Gasteiger partial charge in [0.1, 0.15) is 18.2 Å². The highest BCUT2D eigenvalue weighted by Gasteiger charge is 2.18. The van der Waals surface area contributed by atoms with Crippen LogP contribution in [0.25, 0.3) is 67.4 Å². The lowest BCUT2D eigenvalue weighted by Crippen LogP contribution is -2.30. The molecule has 0 unspecified atom stereocenters. The van der Waals surface area contributed by atoms with Crippen LogP contribution in [0.3, 0.4) is 0 Å². The van der Waals surface area contributed by atoms with E-state index in [9.17, 15) is 0 Å². The van der Waals surface area contributed by atoms with Gasteiger partial charge in [0, 0.05) is 39.6 Å². The zero-order chi connectivity index (χ0) is 26.3. The van der Waals surface area contributed by atoms with E-state index in [1.54, 1.807) is 0 Å². The summed E-state index contributed by atoms with van der Waals surface area (Å²) >= 11 is 0. The molecule has 0 aliphatic heterocycles. The zero-order valence-electron chi connectivity index (χ0n) is 21.7. The number of aryl methyl sites for hydroxylation is 2. The second-order valence-electron chi connectivity index (χ2n) is 9.71. The largest absolute Gasteiger partial charge is 0.456 e. The highest BCUT2D eigenvalue weighted by Crippen LogP contribution is 2.35. The number of benzene rings is 4. The van der Waals surface area contributed by atoms with Crippen LogP contribution in [0.15, 0.2) is 120 Å². The molecule has 3 aromatic heterocycles. The molecule has 186 valence electrons. The normalized spacial score (nSPS) is 11.3. The number of fused-ring (bicyclic) bond motifs is 3. The van der Waals surface area contributed by atoms with Crippen molar-refractivity contribution < 1.29 is 8.98 Å². The molecule has 0 spiro atoms. The van der Waals surface area contributed by atoms with Crippen molar-refractivity contribution >= 4 is 21.9 Å². The SMILES string of the molecule is Cc1cc2c(cc1-c1cccc[n+]1C)oc1cc(-c3nc(-c4ccccc4)nc(-c4ccccc4)n3)ccc12. The Morgan fingerprint density at radius 3 is 1.79 bits per heavy atom. The predicted molar refractivity (Wildman–Crippen MR) is 155 cm³/mol. The standard InChI is InChI=1S/C34H25N4O/c1-22-19-28-26-17-16-25(20-30(26)39-31(28)21-27(22)29-15-9-10-18-38(29)2)34-36-32(23-11-5-3-6-12-23)35-33(37-34)24-13-7-4-8-14-24/h3-21H,1-2H3/q+1. The van der Waals surface area contributed by atoms with Gasteiger partial charge in [-0.15, -0.1) is 0 Å². The van der Waals surface area contributed by atoms with Crippen molar-refractivity contribution in [2.45, 2.75) is 6.92 Å². The van der Waals surface area contributed by atoms with Gasteiger partial charge in [-0.1, -0.05) is 66.7 Å². The maximum Gasteiger partial charge on any atom is 0.212 e. The summed E-state index contributed by atoms with van der Waals surface area (Å²) in [5.74, 6) is 1.89. The average Bonchev–Trinajstić information content (AvgIpc) is 3.34. The Labute approximate surface area is 226 Å². The Morgan fingerprint density at radius 1 is 0.564 bits per heavy atom. The highest BCUT2D eigenvalue weighted by atomic mass is 16.3. The van der Waals surface area contributed by atoms with E-state index in [4.69, 9.17) is 19.4 Å². The second kappa shape index (κ2) is 9.30. The van der Waals surface area contributed by atoms with Crippen LogP contribution in [-0.2, 0) is 7.05 Å². The van der Waals surface area contributed by atoms with Crippen molar-refractivity contribution in [3.63, 3.8) is 0 Å². The molecule has 7 rings (SSSR count). The van der Waals surface area contributed by atoms with E-state index in [1.807, 2.05) is 72.8 Å². The van der Waals surface area contributed by atoms with Crippen LogP contribution in [0, 0.1) is 6.92 Å². The quantitative estimate of drug-likeness (QED) is 0.232. The fourth-order valence-electron chi connectivity index (χ4n) is 5.09. The summed E-state index contributed by atoms with van der Waals surface area (Å²) < 4.78 is 8.55. The van der Waals surface area contributed by atoms with Crippen LogP contribution >= 0.6 is 0 Å². The van der Waals surface area contributed by atoms with E-state index in [2.05, 4.69) is 61.1 Å². The molecule has 5 nitrogen and oxygen atoms in total. The zero-order valence-corrected chi connectivity index (χ0v) is 21.7. The van der Waals surface area contributed by atoms with E-state index in [1.165, 1.54) is 5.56 Å². The summed E-state index contributed by atoms with van der Waals surface area (Å²) in [5, 5.41) is 2.17. The number of furan rings is 1. The van der Waals surface area contributed by atoms with Crippen LogP contribution < -0.4 is 4.57 Å². The monoisotopic (exact) mass is 505 g/mol. The third-order valence-electron chi connectivity index (χ3n) is 7.11. The molecule has 0 fully saturated rings. The summed E-state index contributed by atoms with van der Waals surface area (Å²) in [6.07, 6.45) is 2.06. The lowest BCUT2D eigenvalue weighted by molar-refractivity contribution is -0.660. The van der Waals surface area contributed by atoms with Crippen molar-refractivity contribution in [2.75, 3.05) is 0 Å². The number of hydrogen-bond donors (Lipinski definition) is 0. The van der Waals surface area contributed by atoms with Gasteiger partial charge in [-0.25, -0.2) is 19.5 Å². The first-order chi connectivity index (χ1) is 19.1. The first-order valence-electron chi connectivity index (χ1n) is 12.9. The van der Waals surface area contributed by atoms with Crippen LogP contribution in [-0.4, -0.2) is 15.0 Å². The van der Waals surface area contributed by atoms with Gasteiger partial charge in [-0.2, -0.15) is 0 Å². The molecule has 5 heteroatoms. The van der Waals surface area contributed by atoms with E-state index in [-0.39, 0.29) is 0 Å². The fraction of sp³-hybridized carbons (Fsp3) is 0.0588. The summed E-state index contributed by atoms with van der Waals surface area (Å²) in [7, 11) is 2.06. The molecule has 7 aromatic rings. The molecule has 39 heavy (non-hydrogen) atoms. The average molecular weight is 506 g/mol. The Hall–Kier alpha value is -5.16. The van der Waals surface area contributed by atoms with Gasteiger partial charge in [-0.05, 0) is 42.8 Å². The Balaban J connectivity index is 1.38. The Bertz CT molecular complexity index is 1920. The number of nitrogens with zero attached hydrogens (tertiary/aromatic N) is 4. The van der Waals surface area contributed by atoms with Crippen molar-refractivity contribution in [1.82, 2.24) is 15.0 Å². The molecular weight excluding hydrogens is 480 g/mol. The van der Waals surface area contributed by atoms with E-state index in [0.29, 0.717) is 17.5 Å². The molecule has 0 radical (unpaired) electrons. The number of aromatic nitrogens is 4. The van der Waals surface area contributed by atoms with Gasteiger partial charge in [0.05, 0.1) is 5.56 Å². The van der Waals surface area contributed by atoms with Crippen LogP contribution in [0.2, 0.25) is 0 Å². The molecule has 0 aliphatic carbocycles. The molecule has 0 atom stereocenters. The third kappa shape index (κ3) is 4.14. The van der Waals surface area contributed by atoms with Crippen molar-refractivity contribution in [1.29, 1.82) is 0 Å². The first-order valence-corrected chi connectivity index (χ1v) is 12.9. The van der Waals surface area contributed by atoms with E-state index in [0.717, 1.165) is 49.9 Å². The Morgan fingerprint density at radius 2 is 1.15 bits per heavy atom. The molecule has 0 amide bonds. The van der Waals surface area contributed by atoms with Crippen LogP contribution in [0.1, 0.15) is 5.56 Å². The maximum absolute atomic E-state index is 6.42. The summed E-state index contributed by atoms with van der Waals surface area (Å²) in [5.41, 5.74) is 7.93. The van der Waals surface area contributed by atoms with Crippen molar-refractivity contribution in [3.05, 3.63) is 121 Å². The summed E-state index contributed by atoms with van der Waals surface area (Å²) in [6.45, 7) is 2.15. The van der Waals surface area contributed by atoms with Gasteiger partial charge < -0.3 is 4.42 Å². The topological polar surface area (TPSA) is 55.7 Å². The molecule has 4 aromatic carbocycles. The third-order valence-corrected chi connectivity index (χ3v) is 7.11. The number of rotatable bonds is 4. The number of pyridine rings is 1. The molecule has 3 heterocycles. The van der Waals surface area contributed by atoms with E-state index < -0.39 is 0 Å². The van der Waals surface area contributed by atoms with Crippen LogP contribution in [0.5, 0.6) is 0 Å². The smallest absolute Gasteiger partial charge is 0.212 e. The minimum Gasteiger partial charge on any atom is -0.456 e. The van der Waals surface area contributed by atoms with Gasteiger partial charge in [0.2, 0.25) is 5.69 Å². The molecule has 0 bridgehead atoms. The van der Waals surface area contributed by atoms with Gasteiger partial charge in [-0.3, -0.25) is 0 Å². The second-order valence-corrected chi connectivity index (χ2v) is 9.71. The van der Waals surface area contributed by atoms with Gasteiger partial charge >= 0.3 is 0 Å². The van der Waals surface area contributed by atoms with Crippen LogP contribution in [0.4, 0.5) is 0 Å². The lowest BCUT2D eigenvalue weighted by Gasteiger charge is -2.08. The van der Waals surface area contributed by atoms with Crippen molar-refractivity contribution in [2.24, 2.45) is 7.05 Å². The Kier molecular flexibility index (Phi) is 5.48. The number of hydrogen-bond acceptors (Lipinski definition) is 4. The minimum absolute atomic E-state index is 0.609.